The summed E-state index contributed by atoms with van der Waals surface area (Å²) in [5.74, 6) is -0.380. The Bertz CT molecular complexity index is 372. The molecule has 1 rings (SSSR count). The van der Waals surface area contributed by atoms with E-state index >= 15 is 0 Å². The van der Waals surface area contributed by atoms with Crippen LogP contribution in [0.1, 0.15) is 23.7 Å². The summed E-state index contributed by atoms with van der Waals surface area (Å²) in [6, 6.07) is 6.86. The molecule has 2 N–H and O–H groups in total. The molecular weight excluding hydrogens is 190 g/mol. The summed E-state index contributed by atoms with van der Waals surface area (Å²) in [6.07, 6.45) is 0.679. The molecule has 3 nitrogen and oxygen atoms in total. The van der Waals surface area contributed by atoms with Crippen molar-refractivity contribution < 1.29 is 9.53 Å². The molecule has 0 aromatic heterocycles. The molecule has 1 aromatic rings. The summed E-state index contributed by atoms with van der Waals surface area (Å²) in [5.41, 5.74) is 7.48. The van der Waals surface area contributed by atoms with Gasteiger partial charge in [0.1, 0.15) is 0 Å². The van der Waals surface area contributed by atoms with Crippen LogP contribution < -0.4 is 5.73 Å². The molecule has 0 aliphatic rings. The normalized spacial score (nSPS) is 9.67. The fraction of sp³-hybridized carbons (Fsp3) is 0.250. The molecular formula is C12H15NO2. The molecule has 0 fully saturated rings. The van der Waals surface area contributed by atoms with Crippen molar-refractivity contribution in [3.05, 3.63) is 42.0 Å². The van der Waals surface area contributed by atoms with Crippen molar-refractivity contribution in [3.8, 4) is 0 Å². The van der Waals surface area contributed by atoms with Crippen molar-refractivity contribution in [2.45, 2.75) is 13.3 Å². The molecule has 0 radical (unpaired) electrons. The van der Waals surface area contributed by atoms with Gasteiger partial charge in [-0.05, 0) is 19.1 Å². The van der Waals surface area contributed by atoms with E-state index in [0.717, 1.165) is 5.57 Å². The average molecular weight is 205 g/mol. The highest BCUT2D eigenvalue weighted by atomic mass is 16.5. The van der Waals surface area contributed by atoms with Crippen LogP contribution in [0, 0.1) is 0 Å². The van der Waals surface area contributed by atoms with Crippen LogP contribution in [0.25, 0.3) is 0 Å². The molecule has 0 atom stereocenters. The van der Waals surface area contributed by atoms with Crippen LogP contribution in [0.5, 0.6) is 0 Å². The zero-order valence-corrected chi connectivity index (χ0v) is 8.82. The molecule has 0 amide bonds. The van der Waals surface area contributed by atoms with E-state index in [9.17, 15) is 4.79 Å². The van der Waals surface area contributed by atoms with Gasteiger partial charge in [0.15, 0.2) is 0 Å². The molecule has 0 unspecified atom stereocenters. The Morgan fingerprint density at radius 2 is 2.13 bits per heavy atom. The van der Waals surface area contributed by atoms with Gasteiger partial charge in [-0.3, -0.25) is 0 Å². The number of nitrogens with two attached hydrogens (primary N) is 1. The number of carbonyl (C=O) groups excluding carboxylic acids is 1. The van der Waals surface area contributed by atoms with Gasteiger partial charge in [-0.2, -0.15) is 0 Å². The van der Waals surface area contributed by atoms with Gasteiger partial charge in [-0.15, -0.1) is 6.58 Å². The monoisotopic (exact) mass is 205 g/mol. The van der Waals surface area contributed by atoms with Crippen molar-refractivity contribution in [1.29, 1.82) is 0 Å². The highest BCUT2D eigenvalue weighted by Crippen LogP contribution is 2.12. The van der Waals surface area contributed by atoms with Crippen molar-refractivity contribution in [3.63, 3.8) is 0 Å². The molecule has 1 aromatic carbocycles. The maximum atomic E-state index is 11.5. The lowest BCUT2D eigenvalue weighted by molar-refractivity contribution is 0.0511. The Balaban J connectivity index is 2.54. The Morgan fingerprint density at radius 3 is 2.73 bits per heavy atom. The maximum absolute atomic E-state index is 11.5. The minimum atomic E-state index is -0.380. The van der Waals surface area contributed by atoms with Crippen molar-refractivity contribution in [2.75, 3.05) is 12.3 Å². The molecule has 0 aliphatic carbocycles. The molecule has 3 heteroatoms. The first-order valence-corrected chi connectivity index (χ1v) is 4.77. The number of carbonyl (C=O) groups is 1. The third-order valence-electron chi connectivity index (χ3n) is 1.94. The molecule has 0 saturated heterocycles. The standard InChI is InChI=1S/C12H15NO2/c1-9(2)7-8-15-12(14)10-5-3-4-6-11(10)13/h3-6H,1,7-8,13H2,2H3. The van der Waals surface area contributed by atoms with E-state index in [0.29, 0.717) is 24.3 Å². The molecule has 0 bridgehead atoms. The van der Waals surface area contributed by atoms with Crippen LogP contribution in [0.3, 0.4) is 0 Å². The van der Waals surface area contributed by atoms with Gasteiger partial charge in [-0.25, -0.2) is 4.79 Å². The molecule has 0 saturated carbocycles. The van der Waals surface area contributed by atoms with Crippen molar-refractivity contribution in [1.82, 2.24) is 0 Å². The van der Waals surface area contributed by atoms with E-state index in [1.165, 1.54) is 0 Å². The van der Waals surface area contributed by atoms with Crippen molar-refractivity contribution in [2.24, 2.45) is 0 Å². The SMILES string of the molecule is C=C(C)CCOC(=O)c1ccccc1N. The van der Waals surface area contributed by atoms with Gasteiger partial charge in [0, 0.05) is 12.1 Å². The number of para-hydroxylation sites is 1. The fourth-order valence-corrected chi connectivity index (χ4v) is 1.08. The van der Waals surface area contributed by atoms with Gasteiger partial charge < -0.3 is 10.5 Å². The van der Waals surface area contributed by atoms with E-state index in [1.807, 2.05) is 6.92 Å². The first-order valence-electron chi connectivity index (χ1n) is 4.77. The molecule has 80 valence electrons. The smallest absolute Gasteiger partial charge is 0.340 e. The quantitative estimate of drug-likeness (QED) is 0.466. The van der Waals surface area contributed by atoms with E-state index in [-0.39, 0.29) is 5.97 Å². The summed E-state index contributed by atoms with van der Waals surface area (Å²) in [7, 11) is 0. The predicted octanol–water partition coefficient (Wildman–Crippen LogP) is 2.39. The minimum absolute atomic E-state index is 0.350. The topological polar surface area (TPSA) is 52.3 Å². The zero-order valence-electron chi connectivity index (χ0n) is 8.82. The Kier molecular flexibility index (Phi) is 3.92. The van der Waals surface area contributed by atoms with E-state index in [4.69, 9.17) is 10.5 Å². The first kappa shape index (κ1) is 11.3. The van der Waals surface area contributed by atoms with Crippen LogP contribution in [0.4, 0.5) is 5.69 Å². The molecule has 0 heterocycles. The number of hydrogen-bond acceptors (Lipinski definition) is 3. The Hall–Kier alpha value is -1.77. The highest BCUT2D eigenvalue weighted by molar-refractivity contribution is 5.94. The summed E-state index contributed by atoms with van der Waals surface area (Å²) in [6.45, 7) is 5.97. The van der Waals surface area contributed by atoms with Gasteiger partial charge in [0.25, 0.3) is 0 Å². The number of nitrogen functional groups attached to an aromatic ring is 1. The average Bonchev–Trinajstić information content (AvgIpc) is 2.17. The van der Waals surface area contributed by atoms with Crippen LogP contribution in [0.15, 0.2) is 36.4 Å². The number of ether oxygens (including phenoxy) is 1. The van der Waals surface area contributed by atoms with E-state index in [2.05, 4.69) is 6.58 Å². The van der Waals surface area contributed by atoms with Gasteiger partial charge in [-0.1, -0.05) is 17.7 Å². The molecule has 0 aliphatic heterocycles. The van der Waals surface area contributed by atoms with Crippen molar-refractivity contribution >= 4 is 11.7 Å². The lowest BCUT2D eigenvalue weighted by Gasteiger charge is -2.06. The molecule has 0 spiro atoms. The summed E-state index contributed by atoms with van der Waals surface area (Å²) < 4.78 is 5.04. The largest absolute Gasteiger partial charge is 0.462 e. The second kappa shape index (κ2) is 5.20. The number of benzene rings is 1. The number of rotatable bonds is 4. The van der Waals surface area contributed by atoms with Crippen LogP contribution in [0.2, 0.25) is 0 Å². The number of esters is 1. The third-order valence-corrected chi connectivity index (χ3v) is 1.94. The Labute approximate surface area is 89.5 Å². The lowest BCUT2D eigenvalue weighted by Crippen LogP contribution is -2.09. The summed E-state index contributed by atoms with van der Waals surface area (Å²) >= 11 is 0. The first-order chi connectivity index (χ1) is 7.11. The summed E-state index contributed by atoms with van der Waals surface area (Å²) in [5, 5.41) is 0. The highest BCUT2D eigenvalue weighted by Gasteiger charge is 2.09. The number of anilines is 1. The summed E-state index contributed by atoms with van der Waals surface area (Å²) in [4.78, 5) is 11.5. The second-order valence-electron chi connectivity index (χ2n) is 3.43. The van der Waals surface area contributed by atoms with Crippen LogP contribution in [-0.2, 0) is 4.74 Å². The number of hydrogen-bond donors (Lipinski definition) is 1. The Morgan fingerprint density at radius 1 is 1.47 bits per heavy atom. The maximum Gasteiger partial charge on any atom is 0.340 e. The van der Waals surface area contributed by atoms with E-state index < -0.39 is 0 Å². The van der Waals surface area contributed by atoms with E-state index in [1.54, 1.807) is 24.3 Å². The minimum Gasteiger partial charge on any atom is -0.462 e. The fourth-order valence-electron chi connectivity index (χ4n) is 1.08. The second-order valence-corrected chi connectivity index (χ2v) is 3.43. The zero-order chi connectivity index (χ0) is 11.3. The van der Waals surface area contributed by atoms with Crippen LogP contribution >= 0.6 is 0 Å². The van der Waals surface area contributed by atoms with Crippen LogP contribution in [-0.4, -0.2) is 12.6 Å². The predicted molar refractivity (Wildman–Crippen MR) is 60.6 cm³/mol. The van der Waals surface area contributed by atoms with Gasteiger partial charge >= 0.3 is 5.97 Å². The molecule has 15 heavy (non-hydrogen) atoms. The van der Waals surface area contributed by atoms with Gasteiger partial charge in [0.05, 0.1) is 12.2 Å². The van der Waals surface area contributed by atoms with Gasteiger partial charge in [0.2, 0.25) is 0 Å². The third kappa shape index (κ3) is 3.46. The lowest BCUT2D eigenvalue weighted by atomic mass is 10.2.